The Kier molecular flexibility index (Phi) is 7.94. The van der Waals surface area contributed by atoms with Gasteiger partial charge in [-0.2, -0.15) is 5.10 Å². The molecule has 208 valence electrons. The van der Waals surface area contributed by atoms with Crippen molar-refractivity contribution in [3.05, 3.63) is 42.6 Å². The van der Waals surface area contributed by atoms with E-state index in [-0.39, 0.29) is 18.1 Å². The minimum atomic E-state index is -0.607. The van der Waals surface area contributed by atoms with E-state index in [0.29, 0.717) is 13.1 Å². The van der Waals surface area contributed by atoms with Gasteiger partial charge < -0.3 is 9.47 Å². The molecular formula is C30H44N4O4. The standard InChI is InChI=1S/C30H44N4O4/c1-8-30(15-9-10-16-33(30)27(36)38-29(5,6)7)23-11-12-25-22(19-23)20-31-34(25)24-13-17-32(18-14-24)21-26(35)37-28(2,3)4/h8,11-12,19-20,24H,1,9-10,13-18,21H2,2-7H3. The summed E-state index contributed by atoms with van der Waals surface area (Å²) >= 11 is 0. The lowest BCUT2D eigenvalue weighted by atomic mass is 9.80. The Labute approximate surface area is 226 Å². The average Bonchev–Trinajstić information content (AvgIpc) is 3.25. The molecule has 1 amide bonds. The number of hydrogen-bond donors (Lipinski definition) is 0. The van der Waals surface area contributed by atoms with E-state index < -0.39 is 16.7 Å². The summed E-state index contributed by atoms with van der Waals surface area (Å²) < 4.78 is 13.4. The SMILES string of the molecule is C=CC1(c2ccc3c(cnn3C3CCN(CC(=O)OC(C)(C)C)CC3)c2)CCCCN1C(=O)OC(C)(C)C. The van der Waals surface area contributed by atoms with Gasteiger partial charge in [-0.25, -0.2) is 4.79 Å². The van der Waals surface area contributed by atoms with Crippen LogP contribution in [0.3, 0.4) is 0 Å². The van der Waals surface area contributed by atoms with Crippen LogP contribution in [0, 0.1) is 0 Å². The van der Waals surface area contributed by atoms with Crippen LogP contribution >= 0.6 is 0 Å². The Morgan fingerprint density at radius 1 is 1.05 bits per heavy atom. The Bertz CT molecular complexity index is 1170. The van der Waals surface area contributed by atoms with E-state index in [1.807, 2.05) is 58.7 Å². The molecule has 1 unspecified atom stereocenters. The first-order chi connectivity index (χ1) is 17.8. The Morgan fingerprint density at radius 2 is 1.74 bits per heavy atom. The third kappa shape index (κ3) is 6.22. The number of benzene rings is 1. The number of esters is 1. The second-order valence-electron chi connectivity index (χ2n) is 12.7. The van der Waals surface area contributed by atoms with E-state index in [1.165, 1.54) is 0 Å². The quantitative estimate of drug-likeness (QED) is 0.363. The number of hydrogen-bond acceptors (Lipinski definition) is 6. The van der Waals surface area contributed by atoms with Gasteiger partial charge in [0.15, 0.2) is 0 Å². The zero-order valence-corrected chi connectivity index (χ0v) is 24.0. The van der Waals surface area contributed by atoms with Crippen LogP contribution < -0.4 is 0 Å². The van der Waals surface area contributed by atoms with E-state index in [0.717, 1.165) is 61.7 Å². The predicted octanol–water partition coefficient (Wildman–Crippen LogP) is 5.82. The molecule has 1 aromatic heterocycles. The van der Waals surface area contributed by atoms with Crippen molar-refractivity contribution in [1.82, 2.24) is 19.6 Å². The number of amides is 1. The molecule has 8 nitrogen and oxygen atoms in total. The number of fused-ring (bicyclic) bond motifs is 1. The maximum atomic E-state index is 13.2. The first-order valence-electron chi connectivity index (χ1n) is 13.9. The average molecular weight is 525 g/mol. The van der Waals surface area contributed by atoms with Crippen LogP contribution in [0.25, 0.3) is 10.9 Å². The highest BCUT2D eigenvalue weighted by atomic mass is 16.6. The summed E-state index contributed by atoms with van der Waals surface area (Å²) in [4.78, 5) is 29.5. The second-order valence-corrected chi connectivity index (χ2v) is 12.7. The van der Waals surface area contributed by atoms with Gasteiger partial charge in [-0.3, -0.25) is 19.3 Å². The third-order valence-electron chi connectivity index (χ3n) is 7.39. The summed E-state index contributed by atoms with van der Waals surface area (Å²) in [5.74, 6) is -0.174. The molecule has 0 saturated carbocycles. The number of ether oxygens (including phenoxy) is 2. The highest BCUT2D eigenvalue weighted by Crippen LogP contribution is 2.41. The molecule has 0 radical (unpaired) electrons. The monoisotopic (exact) mass is 524 g/mol. The van der Waals surface area contributed by atoms with Gasteiger partial charge in [0.25, 0.3) is 0 Å². The minimum Gasteiger partial charge on any atom is -0.459 e. The van der Waals surface area contributed by atoms with Gasteiger partial charge in [0.2, 0.25) is 0 Å². The van der Waals surface area contributed by atoms with Crippen LogP contribution in [0.5, 0.6) is 0 Å². The molecule has 0 bridgehead atoms. The molecular weight excluding hydrogens is 480 g/mol. The molecule has 1 aromatic carbocycles. The van der Waals surface area contributed by atoms with Crippen molar-refractivity contribution >= 4 is 23.0 Å². The topological polar surface area (TPSA) is 76.9 Å². The van der Waals surface area contributed by atoms with Crippen molar-refractivity contribution in [3.8, 4) is 0 Å². The number of nitrogens with zero attached hydrogens (tertiary/aromatic N) is 4. The van der Waals surface area contributed by atoms with Crippen LogP contribution in [0.4, 0.5) is 4.79 Å². The van der Waals surface area contributed by atoms with Crippen LogP contribution in [-0.2, 0) is 19.8 Å². The molecule has 0 N–H and O–H groups in total. The molecule has 2 saturated heterocycles. The predicted molar refractivity (Wildman–Crippen MR) is 149 cm³/mol. The van der Waals surface area contributed by atoms with Gasteiger partial charge in [0.05, 0.1) is 29.8 Å². The summed E-state index contributed by atoms with van der Waals surface area (Å²) in [5.41, 5.74) is 0.489. The summed E-state index contributed by atoms with van der Waals surface area (Å²) in [7, 11) is 0. The highest BCUT2D eigenvalue weighted by molar-refractivity contribution is 5.80. The molecule has 3 heterocycles. The summed E-state index contributed by atoms with van der Waals surface area (Å²) in [5, 5.41) is 5.82. The van der Waals surface area contributed by atoms with Crippen LogP contribution in [0.15, 0.2) is 37.1 Å². The first-order valence-corrected chi connectivity index (χ1v) is 13.9. The molecule has 1 atom stereocenters. The van der Waals surface area contributed by atoms with E-state index in [2.05, 4.69) is 34.4 Å². The Balaban J connectivity index is 1.50. The largest absolute Gasteiger partial charge is 0.459 e. The number of carbonyl (C=O) groups is 2. The summed E-state index contributed by atoms with van der Waals surface area (Å²) in [6, 6.07) is 6.66. The third-order valence-corrected chi connectivity index (χ3v) is 7.39. The Hall–Kier alpha value is -2.87. The van der Waals surface area contributed by atoms with Gasteiger partial charge in [0, 0.05) is 25.0 Å². The van der Waals surface area contributed by atoms with Crippen molar-refractivity contribution < 1.29 is 19.1 Å². The molecule has 4 rings (SSSR count). The number of rotatable bonds is 5. The van der Waals surface area contributed by atoms with Crippen LogP contribution in [0.2, 0.25) is 0 Å². The zero-order valence-electron chi connectivity index (χ0n) is 24.0. The van der Waals surface area contributed by atoms with Gasteiger partial charge in [0.1, 0.15) is 11.2 Å². The molecule has 2 aliphatic rings. The van der Waals surface area contributed by atoms with E-state index in [1.54, 1.807) is 0 Å². The molecule has 2 aromatic rings. The normalized spacial score (nSPS) is 21.9. The van der Waals surface area contributed by atoms with Crippen LogP contribution in [-0.4, -0.2) is 69.0 Å². The lowest BCUT2D eigenvalue weighted by molar-refractivity contribution is -0.156. The smallest absolute Gasteiger partial charge is 0.411 e. The van der Waals surface area contributed by atoms with Crippen molar-refractivity contribution in [2.24, 2.45) is 0 Å². The highest BCUT2D eigenvalue weighted by Gasteiger charge is 2.42. The molecule has 2 aliphatic heterocycles. The van der Waals surface area contributed by atoms with E-state index in [9.17, 15) is 9.59 Å². The second kappa shape index (κ2) is 10.7. The molecule has 8 heteroatoms. The van der Waals surface area contributed by atoms with Crippen LogP contribution in [0.1, 0.15) is 85.3 Å². The van der Waals surface area contributed by atoms with Gasteiger partial charge in [-0.15, -0.1) is 6.58 Å². The molecule has 38 heavy (non-hydrogen) atoms. The minimum absolute atomic E-state index is 0.174. The fourth-order valence-electron chi connectivity index (χ4n) is 5.69. The lowest BCUT2D eigenvalue weighted by Crippen LogP contribution is -2.52. The Morgan fingerprint density at radius 3 is 2.37 bits per heavy atom. The number of carbonyl (C=O) groups excluding carboxylic acids is 2. The van der Waals surface area contributed by atoms with Crippen molar-refractivity contribution in [2.75, 3.05) is 26.2 Å². The molecule has 0 spiro atoms. The maximum absolute atomic E-state index is 13.2. The maximum Gasteiger partial charge on any atom is 0.411 e. The summed E-state index contributed by atoms with van der Waals surface area (Å²) in [6.07, 6.45) is 8.14. The molecule has 0 aliphatic carbocycles. The lowest BCUT2D eigenvalue weighted by Gasteiger charge is -2.45. The number of piperidine rings is 2. The fourth-order valence-corrected chi connectivity index (χ4v) is 5.69. The summed E-state index contributed by atoms with van der Waals surface area (Å²) in [6.45, 7) is 18.1. The van der Waals surface area contributed by atoms with Crippen molar-refractivity contribution in [2.45, 2.75) is 96.4 Å². The zero-order chi connectivity index (χ0) is 27.7. The fraction of sp³-hybridized carbons (Fsp3) is 0.633. The first kappa shape index (κ1) is 28.1. The van der Waals surface area contributed by atoms with E-state index in [4.69, 9.17) is 14.6 Å². The van der Waals surface area contributed by atoms with Gasteiger partial charge in [-0.05, 0) is 91.3 Å². The van der Waals surface area contributed by atoms with E-state index >= 15 is 0 Å². The van der Waals surface area contributed by atoms with Gasteiger partial charge in [-0.1, -0.05) is 12.1 Å². The number of aromatic nitrogens is 2. The number of likely N-dealkylation sites (tertiary alicyclic amines) is 2. The van der Waals surface area contributed by atoms with Crippen molar-refractivity contribution in [3.63, 3.8) is 0 Å². The van der Waals surface area contributed by atoms with Gasteiger partial charge >= 0.3 is 12.1 Å². The van der Waals surface area contributed by atoms with Crippen molar-refractivity contribution in [1.29, 1.82) is 0 Å². The molecule has 2 fully saturated rings.